The molecule has 0 heterocycles. The van der Waals surface area contributed by atoms with E-state index in [-0.39, 0.29) is 0 Å². The summed E-state index contributed by atoms with van der Waals surface area (Å²) in [6.07, 6.45) is 2.09. The third-order valence-electron chi connectivity index (χ3n) is 2.08. The lowest BCUT2D eigenvalue weighted by Crippen LogP contribution is -2.19. The number of benzene rings is 1. The second-order valence-electron chi connectivity index (χ2n) is 3.27. The second-order valence-corrected chi connectivity index (χ2v) is 4.53. The van der Waals surface area contributed by atoms with Crippen LogP contribution in [0.15, 0.2) is 29.2 Å². The highest BCUT2D eigenvalue weighted by atomic mass is 35.5. The SMILES string of the molecule is CSc1ccc(CN(C)CCCl)cc1. The van der Waals surface area contributed by atoms with Gasteiger partial charge in [-0.1, -0.05) is 12.1 Å². The Balaban J connectivity index is 2.50. The zero-order valence-corrected chi connectivity index (χ0v) is 10.2. The van der Waals surface area contributed by atoms with Crippen LogP contribution >= 0.6 is 23.4 Å². The Morgan fingerprint density at radius 1 is 1.29 bits per heavy atom. The van der Waals surface area contributed by atoms with Crippen molar-refractivity contribution in [1.29, 1.82) is 0 Å². The molecule has 0 aliphatic carbocycles. The van der Waals surface area contributed by atoms with Crippen LogP contribution in [0, 0.1) is 0 Å². The third kappa shape index (κ3) is 3.91. The average Bonchev–Trinajstić information content (AvgIpc) is 2.19. The van der Waals surface area contributed by atoms with Crippen molar-refractivity contribution in [2.24, 2.45) is 0 Å². The van der Waals surface area contributed by atoms with Crippen molar-refractivity contribution in [1.82, 2.24) is 4.90 Å². The van der Waals surface area contributed by atoms with Gasteiger partial charge in [0.15, 0.2) is 0 Å². The summed E-state index contributed by atoms with van der Waals surface area (Å²) in [5.74, 6) is 0.694. The van der Waals surface area contributed by atoms with Crippen LogP contribution in [0.3, 0.4) is 0 Å². The van der Waals surface area contributed by atoms with E-state index in [1.807, 2.05) is 0 Å². The van der Waals surface area contributed by atoms with Crippen molar-refractivity contribution < 1.29 is 0 Å². The van der Waals surface area contributed by atoms with Gasteiger partial charge in [0, 0.05) is 23.9 Å². The lowest BCUT2D eigenvalue weighted by Gasteiger charge is -2.14. The standard InChI is InChI=1S/C11H16ClNS/c1-13(8-7-12)9-10-3-5-11(14-2)6-4-10/h3-6H,7-9H2,1-2H3. The summed E-state index contributed by atoms with van der Waals surface area (Å²) in [7, 11) is 2.09. The fraction of sp³-hybridized carbons (Fsp3) is 0.455. The van der Waals surface area contributed by atoms with E-state index in [2.05, 4.69) is 42.5 Å². The smallest absolute Gasteiger partial charge is 0.0351 e. The van der Waals surface area contributed by atoms with Crippen LogP contribution in [0.2, 0.25) is 0 Å². The van der Waals surface area contributed by atoms with E-state index in [1.165, 1.54) is 10.5 Å². The van der Waals surface area contributed by atoms with Gasteiger partial charge < -0.3 is 4.90 Å². The van der Waals surface area contributed by atoms with Crippen molar-refractivity contribution in [3.8, 4) is 0 Å². The van der Waals surface area contributed by atoms with Gasteiger partial charge in [-0.3, -0.25) is 0 Å². The van der Waals surface area contributed by atoms with Gasteiger partial charge in [0.1, 0.15) is 0 Å². The number of hydrogen-bond acceptors (Lipinski definition) is 2. The van der Waals surface area contributed by atoms with Crippen molar-refractivity contribution in [3.05, 3.63) is 29.8 Å². The maximum absolute atomic E-state index is 5.67. The molecule has 0 amide bonds. The molecular weight excluding hydrogens is 214 g/mol. The van der Waals surface area contributed by atoms with E-state index < -0.39 is 0 Å². The highest BCUT2D eigenvalue weighted by Gasteiger charge is 1.99. The molecule has 0 fully saturated rings. The topological polar surface area (TPSA) is 3.24 Å². The Morgan fingerprint density at radius 3 is 2.43 bits per heavy atom. The largest absolute Gasteiger partial charge is 0.301 e. The molecule has 3 heteroatoms. The summed E-state index contributed by atoms with van der Waals surface area (Å²) >= 11 is 7.44. The van der Waals surface area contributed by atoms with E-state index in [9.17, 15) is 0 Å². The molecule has 0 unspecified atom stereocenters. The zero-order valence-electron chi connectivity index (χ0n) is 8.66. The molecule has 1 aromatic carbocycles. The molecule has 0 radical (unpaired) electrons. The molecule has 0 N–H and O–H groups in total. The number of hydrogen-bond donors (Lipinski definition) is 0. The van der Waals surface area contributed by atoms with E-state index in [0.717, 1.165) is 13.1 Å². The normalized spacial score (nSPS) is 10.9. The van der Waals surface area contributed by atoms with Crippen molar-refractivity contribution >= 4 is 23.4 Å². The number of thioether (sulfide) groups is 1. The molecule has 0 saturated heterocycles. The molecule has 14 heavy (non-hydrogen) atoms. The number of halogens is 1. The van der Waals surface area contributed by atoms with E-state index in [4.69, 9.17) is 11.6 Å². The molecular formula is C11H16ClNS. The highest BCUT2D eigenvalue weighted by Crippen LogP contribution is 2.15. The summed E-state index contributed by atoms with van der Waals surface area (Å²) in [6.45, 7) is 1.91. The summed E-state index contributed by atoms with van der Waals surface area (Å²) < 4.78 is 0. The lowest BCUT2D eigenvalue weighted by molar-refractivity contribution is 0.348. The Hall–Kier alpha value is -0.180. The van der Waals surface area contributed by atoms with Gasteiger partial charge >= 0.3 is 0 Å². The molecule has 1 nitrogen and oxygen atoms in total. The zero-order chi connectivity index (χ0) is 10.4. The van der Waals surface area contributed by atoms with E-state index in [1.54, 1.807) is 11.8 Å². The predicted molar refractivity (Wildman–Crippen MR) is 65.3 cm³/mol. The summed E-state index contributed by atoms with van der Waals surface area (Å²) in [5.41, 5.74) is 1.34. The van der Waals surface area contributed by atoms with Gasteiger partial charge in [0.05, 0.1) is 0 Å². The molecule has 0 saturated carbocycles. The second kappa shape index (κ2) is 6.33. The van der Waals surface area contributed by atoms with E-state index >= 15 is 0 Å². The van der Waals surface area contributed by atoms with Crippen LogP contribution in [0.25, 0.3) is 0 Å². The summed E-state index contributed by atoms with van der Waals surface area (Å²) in [6, 6.07) is 8.68. The van der Waals surface area contributed by atoms with Crippen LogP contribution in [0.1, 0.15) is 5.56 Å². The maximum atomic E-state index is 5.67. The van der Waals surface area contributed by atoms with Gasteiger partial charge in [-0.15, -0.1) is 23.4 Å². The van der Waals surface area contributed by atoms with Crippen molar-refractivity contribution in [2.45, 2.75) is 11.4 Å². The first-order chi connectivity index (χ1) is 6.76. The van der Waals surface area contributed by atoms with Crippen LogP contribution < -0.4 is 0 Å². The molecule has 78 valence electrons. The minimum atomic E-state index is 0.694. The Labute approximate surface area is 95.4 Å². The summed E-state index contributed by atoms with van der Waals surface area (Å²) in [4.78, 5) is 3.54. The predicted octanol–water partition coefficient (Wildman–Crippen LogP) is 3.08. The molecule has 0 aromatic heterocycles. The molecule has 1 rings (SSSR count). The van der Waals surface area contributed by atoms with Gasteiger partial charge in [-0.2, -0.15) is 0 Å². The quantitative estimate of drug-likeness (QED) is 0.564. The van der Waals surface area contributed by atoms with Crippen LogP contribution in [-0.2, 0) is 6.54 Å². The molecule has 0 aliphatic heterocycles. The lowest BCUT2D eigenvalue weighted by atomic mass is 10.2. The fourth-order valence-electron chi connectivity index (χ4n) is 1.27. The van der Waals surface area contributed by atoms with Gasteiger partial charge in [-0.05, 0) is 31.0 Å². The molecule has 1 aromatic rings. The minimum Gasteiger partial charge on any atom is -0.301 e. The monoisotopic (exact) mass is 229 g/mol. The van der Waals surface area contributed by atoms with Crippen LogP contribution in [0.5, 0.6) is 0 Å². The highest BCUT2D eigenvalue weighted by molar-refractivity contribution is 7.98. The van der Waals surface area contributed by atoms with Gasteiger partial charge in [-0.25, -0.2) is 0 Å². The molecule has 0 spiro atoms. The Kier molecular flexibility index (Phi) is 5.38. The first-order valence-electron chi connectivity index (χ1n) is 4.63. The van der Waals surface area contributed by atoms with Gasteiger partial charge in [0.2, 0.25) is 0 Å². The third-order valence-corrected chi connectivity index (χ3v) is 2.99. The first-order valence-corrected chi connectivity index (χ1v) is 6.39. The molecule has 0 bridgehead atoms. The molecule has 0 aliphatic rings. The Bertz CT molecular complexity index is 260. The molecule has 0 atom stereocenters. The fourth-order valence-corrected chi connectivity index (χ4v) is 1.96. The van der Waals surface area contributed by atoms with Crippen LogP contribution in [0.4, 0.5) is 0 Å². The number of rotatable bonds is 5. The summed E-state index contributed by atoms with van der Waals surface area (Å²) in [5, 5.41) is 0. The van der Waals surface area contributed by atoms with Crippen molar-refractivity contribution in [2.75, 3.05) is 25.7 Å². The number of nitrogens with zero attached hydrogens (tertiary/aromatic N) is 1. The van der Waals surface area contributed by atoms with Crippen molar-refractivity contribution in [3.63, 3.8) is 0 Å². The first kappa shape index (κ1) is 11.9. The average molecular weight is 230 g/mol. The number of alkyl halides is 1. The minimum absolute atomic E-state index is 0.694. The van der Waals surface area contributed by atoms with Crippen LogP contribution in [-0.4, -0.2) is 30.6 Å². The Morgan fingerprint density at radius 2 is 1.93 bits per heavy atom. The van der Waals surface area contributed by atoms with Gasteiger partial charge in [0.25, 0.3) is 0 Å². The van der Waals surface area contributed by atoms with E-state index in [0.29, 0.717) is 5.88 Å². The maximum Gasteiger partial charge on any atom is 0.0351 e.